The minimum Gasteiger partial charge on any atom is -0.505 e. The van der Waals surface area contributed by atoms with E-state index in [1.165, 1.54) is 6.07 Å². The van der Waals surface area contributed by atoms with E-state index >= 15 is 0 Å². The molecule has 2 N–H and O–H groups in total. The average Bonchev–Trinajstić information content (AvgIpc) is 2.72. The van der Waals surface area contributed by atoms with E-state index in [-0.39, 0.29) is 11.5 Å². The van der Waals surface area contributed by atoms with Gasteiger partial charge in [-0.15, -0.1) is 5.11 Å². The predicted octanol–water partition coefficient (Wildman–Crippen LogP) is 6.64. The Morgan fingerprint density at radius 1 is 0.893 bits per heavy atom. The first kappa shape index (κ1) is 19.6. The maximum absolute atomic E-state index is 12.8. The molecule has 0 radical (unpaired) electrons. The number of hydrogen-bond donors (Lipinski definition) is 2. The van der Waals surface area contributed by atoms with E-state index in [0.717, 1.165) is 0 Å². The fourth-order valence-corrected chi connectivity index (χ4v) is 2.65. The van der Waals surface area contributed by atoms with Crippen molar-refractivity contribution < 1.29 is 9.90 Å². The molecule has 0 bridgehead atoms. The molecule has 0 unspecified atom stereocenters. The Morgan fingerprint density at radius 3 is 2.21 bits per heavy atom. The van der Waals surface area contributed by atoms with Gasteiger partial charge in [-0.3, -0.25) is 4.79 Å². The summed E-state index contributed by atoms with van der Waals surface area (Å²) in [5.41, 5.74) is 1.00. The number of rotatable bonds is 5. The van der Waals surface area contributed by atoms with Gasteiger partial charge < -0.3 is 10.4 Å². The van der Waals surface area contributed by atoms with E-state index in [1.807, 2.05) is 6.07 Å². The highest BCUT2D eigenvalue weighted by Crippen LogP contribution is 2.27. The minimum absolute atomic E-state index is 0.258. The van der Waals surface area contributed by atoms with Gasteiger partial charge in [0.2, 0.25) is 0 Å². The standard InChI is InChI=1S/C21H15Cl2N3O2/c22-15-11-12-17(23)18(13-15)24-21(28)19(20(27)14-7-3-1-4-8-14)26-25-16-9-5-2-6-10-16/h1-13,27H,(H,24,28)/b20-19+,26-25?. The fourth-order valence-electron chi connectivity index (χ4n) is 2.31. The normalized spacial score (nSPS) is 11.9. The van der Waals surface area contributed by atoms with Crippen molar-refractivity contribution in [2.24, 2.45) is 10.2 Å². The van der Waals surface area contributed by atoms with Crippen LogP contribution in [0.4, 0.5) is 11.4 Å². The highest BCUT2D eigenvalue weighted by atomic mass is 35.5. The van der Waals surface area contributed by atoms with Crippen molar-refractivity contribution in [2.75, 3.05) is 5.32 Å². The molecule has 1 amide bonds. The number of amides is 1. The van der Waals surface area contributed by atoms with Gasteiger partial charge in [-0.2, -0.15) is 5.11 Å². The molecule has 7 heteroatoms. The fraction of sp³-hybridized carbons (Fsp3) is 0. The summed E-state index contributed by atoms with van der Waals surface area (Å²) in [5, 5.41) is 22.0. The van der Waals surface area contributed by atoms with E-state index in [9.17, 15) is 9.90 Å². The van der Waals surface area contributed by atoms with Crippen LogP contribution in [0.1, 0.15) is 5.56 Å². The van der Waals surface area contributed by atoms with Gasteiger partial charge in [-0.1, -0.05) is 71.7 Å². The van der Waals surface area contributed by atoms with E-state index in [0.29, 0.717) is 27.0 Å². The smallest absolute Gasteiger partial charge is 0.280 e. The molecule has 0 aliphatic carbocycles. The molecule has 0 saturated heterocycles. The maximum Gasteiger partial charge on any atom is 0.280 e. The third-order valence-corrected chi connectivity index (χ3v) is 4.25. The van der Waals surface area contributed by atoms with Crippen LogP contribution in [0.2, 0.25) is 10.0 Å². The summed E-state index contributed by atoms with van der Waals surface area (Å²) in [4.78, 5) is 12.8. The Bertz CT molecular complexity index is 1040. The Labute approximate surface area is 172 Å². The summed E-state index contributed by atoms with van der Waals surface area (Å²) < 4.78 is 0. The number of nitrogens with zero attached hydrogens (tertiary/aromatic N) is 2. The average molecular weight is 412 g/mol. The van der Waals surface area contributed by atoms with Crippen LogP contribution in [0.5, 0.6) is 0 Å². The molecular weight excluding hydrogens is 397 g/mol. The number of azo groups is 1. The summed E-state index contributed by atoms with van der Waals surface area (Å²) in [7, 11) is 0. The molecule has 140 valence electrons. The molecular formula is C21H15Cl2N3O2. The molecule has 0 spiro atoms. The van der Waals surface area contributed by atoms with Crippen molar-refractivity contribution in [3.05, 3.63) is 100 Å². The number of aliphatic hydroxyl groups excluding tert-OH is 1. The molecule has 0 heterocycles. The third-order valence-electron chi connectivity index (χ3n) is 3.68. The van der Waals surface area contributed by atoms with Crippen LogP contribution >= 0.6 is 23.2 Å². The van der Waals surface area contributed by atoms with Gasteiger partial charge in [0.15, 0.2) is 11.5 Å². The van der Waals surface area contributed by atoms with Gasteiger partial charge in [0, 0.05) is 10.6 Å². The Kier molecular flexibility index (Phi) is 6.42. The number of carbonyl (C=O) groups excluding carboxylic acids is 1. The van der Waals surface area contributed by atoms with Crippen LogP contribution in [-0.4, -0.2) is 11.0 Å². The second kappa shape index (κ2) is 9.17. The summed E-state index contributed by atoms with van der Waals surface area (Å²) >= 11 is 12.1. The van der Waals surface area contributed by atoms with Crippen LogP contribution in [0.15, 0.2) is 94.8 Å². The van der Waals surface area contributed by atoms with Gasteiger partial charge in [0.05, 0.1) is 16.4 Å². The van der Waals surface area contributed by atoms with Crippen LogP contribution in [0, 0.1) is 0 Å². The third kappa shape index (κ3) is 4.97. The SMILES string of the molecule is O=C(Nc1cc(Cl)ccc1Cl)/C(N=Nc1ccccc1)=C(\O)c1ccccc1. The van der Waals surface area contributed by atoms with Gasteiger partial charge >= 0.3 is 0 Å². The van der Waals surface area contributed by atoms with Gasteiger partial charge in [0.1, 0.15) is 0 Å². The van der Waals surface area contributed by atoms with Crippen LogP contribution in [-0.2, 0) is 4.79 Å². The molecule has 3 rings (SSSR count). The molecule has 5 nitrogen and oxygen atoms in total. The Balaban J connectivity index is 1.99. The lowest BCUT2D eigenvalue weighted by Crippen LogP contribution is -2.15. The lowest BCUT2D eigenvalue weighted by molar-refractivity contribution is -0.112. The number of carbonyl (C=O) groups is 1. The van der Waals surface area contributed by atoms with Crippen LogP contribution in [0.25, 0.3) is 5.76 Å². The molecule has 3 aromatic carbocycles. The van der Waals surface area contributed by atoms with Crippen molar-refractivity contribution in [1.29, 1.82) is 0 Å². The zero-order valence-corrected chi connectivity index (χ0v) is 16.0. The van der Waals surface area contributed by atoms with Crippen LogP contribution < -0.4 is 5.32 Å². The topological polar surface area (TPSA) is 74.0 Å². The lowest BCUT2D eigenvalue weighted by Gasteiger charge is -2.09. The molecule has 28 heavy (non-hydrogen) atoms. The quantitative estimate of drug-likeness (QED) is 0.280. The highest BCUT2D eigenvalue weighted by molar-refractivity contribution is 6.36. The number of aliphatic hydroxyl groups is 1. The molecule has 0 fully saturated rings. The van der Waals surface area contributed by atoms with Gasteiger partial charge in [-0.25, -0.2) is 0 Å². The van der Waals surface area contributed by atoms with Gasteiger partial charge in [-0.05, 0) is 30.3 Å². The summed E-state index contributed by atoms with van der Waals surface area (Å²) in [6.07, 6.45) is 0. The van der Waals surface area contributed by atoms with Crippen LogP contribution in [0.3, 0.4) is 0 Å². The Hall–Kier alpha value is -3.15. The number of hydrogen-bond acceptors (Lipinski definition) is 4. The second-order valence-corrected chi connectivity index (χ2v) is 6.52. The Morgan fingerprint density at radius 2 is 1.54 bits per heavy atom. The largest absolute Gasteiger partial charge is 0.505 e. The first-order chi connectivity index (χ1) is 13.5. The number of anilines is 1. The summed E-state index contributed by atoms with van der Waals surface area (Å²) in [5.74, 6) is -0.985. The van der Waals surface area contributed by atoms with Crippen molar-refractivity contribution in [3.8, 4) is 0 Å². The molecule has 3 aromatic rings. The molecule has 0 aromatic heterocycles. The highest BCUT2D eigenvalue weighted by Gasteiger charge is 2.18. The second-order valence-electron chi connectivity index (χ2n) is 5.68. The number of benzene rings is 3. The molecule has 0 saturated carbocycles. The minimum atomic E-state index is -0.676. The first-order valence-corrected chi connectivity index (χ1v) is 9.02. The summed E-state index contributed by atoms with van der Waals surface area (Å²) in [6.45, 7) is 0. The molecule has 0 aliphatic heterocycles. The number of halogens is 2. The zero-order valence-electron chi connectivity index (χ0n) is 14.5. The van der Waals surface area contributed by atoms with E-state index in [1.54, 1.807) is 66.7 Å². The van der Waals surface area contributed by atoms with Crippen molar-refractivity contribution in [3.63, 3.8) is 0 Å². The molecule has 0 aliphatic rings. The molecule has 0 atom stereocenters. The lowest BCUT2D eigenvalue weighted by atomic mass is 10.1. The van der Waals surface area contributed by atoms with Crippen molar-refractivity contribution in [1.82, 2.24) is 0 Å². The van der Waals surface area contributed by atoms with E-state index in [2.05, 4.69) is 15.5 Å². The summed E-state index contributed by atoms with van der Waals surface area (Å²) in [6, 6.07) is 22.1. The predicted molar refractivity (Wildman–Crippen MR) is 112 cm³/mol. The maximum atomic E-state index is 12.8. The van der Waals surface area contributed by atoms with E-state index in [4.69, 9.17) is 23.2 Å². The van der Waals surface area contributed by atoms with Crippen molar-refractivity contribution in [2.45, 2.75) is 0 Å². The zero-order chi connectivity index (χ0) is 19.9. The van der Waals surface area contributed by atoms with E-state index < -0.39 is 5.91 Å². The monoisotopic (exact) mass is 411 g/mol. The number of nitrogens with one attached hydrogen (secondary N) is 1. The first-order valence-electron chi connectivity index (χ1n) is 8.26. The van der Waals surface area contributed by atoms with Crippen molar-refractivity contribution >= 4 is 46.2 Å². The van der Waals surface area contributed by atoms with Gasteiger partial charge in [0.25, 0.3) is 5.91 Å².